The lowest BCUT2D eigenvalue weighted by atomic mass is 9.71. The molecule has 0 atom stereocenters. The first kappa shape index (κ1) is 28.5. The molecule has 6 heteroatoms. The average Bonchev–Trinajstić information content (AvgIpc) is 3.00. The molecule has 0 fully saturated rings. The fraction of sp³-hybridized carbons (Fsp3) is 0.333. The molecule has 0 unspecified atom stereocenters. The number of hydrogen-bond acceptors (Lipinski definition) is 5. The third-order valence-electron chi connectivity index (χ3n) is 8.44. The lowest BCUT2D eigenvalue weighted by molar-refractivity contribution is -0.117. The van der Waals surface area contributed by atoms with E-state index in [1.165, 1.54) is 5.56 Å². The van der Waals surface area contributed by atoms with Crippen molar-refractivity contribution in [2.45, 2.75) is 64.4 Å². The number of hydrogen-bond donors (Lipinski definition) is 0. The summed E-state index contributed by atoms with van der Waals surface area (Å²) in [6.07, 6.45) is 5.23. The van der Waals surface area contributed by atoms with Crippen LogP contribution in [0.25, 0.3) is 0 Å². The molecule has 0 amide bonds. The highest BCUT2D eigenvalue weighted by molar-refractivity contribution is 9.10. The topological polar surface area (TPSA) is 55.8 Å². The van der Waals surface area contributed by atoms with Crippen molar-refractivity contribution in [1.82, 2.24) is 4.90 Å². The van der Waals surface area contributed by atoms with Gasteiger partial charge in [-0.2, -0.15) is 0 Å². The van der Waals surface area contributed by atoms with Gasteiger partial charge in [-0.1, -0.05) is 60.7 Å². The van der Waals surface area contributed by atoms with E-state index in [-0.39, 0.29) is 11.6 Å². The molecule has 0 saturated heterocycles. The van der Waals surface area contributed by atoms with Crippen LogP contribution in [0.5, 0.6) is 11.5 Å². The largest absolute Gasteiger partial charge is 0.490 e. The fourth-order valence-corrected chi connectivity index (χ4v) is 7.17. The number of benzene rings is 3. The zero-order valence-corrected chi connectivity index (χ0v) is 25.6. The van der Waals surface area contributed by atoms with Crippen LogP contribution in [0.2, 0.25) is 0 Å². The first-order chi connectivity index (χ1) is 20.5. The summed E-state index contributed by atoms with van der Waals surface area (Å²) >= 11 is 3.76. The highest BCUT2D eigenvalue weighted by atomic mass is 79.9. The van der Waals surface area contributed by atoms with Gasteiger partial charge >= 0.3 is 0 Å². The Labute approximate surface area is 256 Å². The van der Waals surface area contributed by atoms with Gasteiger partial charge in [-0.25, -0.2) is 0 Å². The van der Waals surface area contributed by atoms with Crippen LogP contribution in [0.15, 0.2) is 99.8 Å². The van der Waals surface area contributed by atoms with Crippen molar-refractivity contribution >= 4 is 27.5 Å². The second kappa shape index (κ2) is 12.7. The molecule has 3 aromatic carbocycles. The van der Waals surface area contributed by atoms with Crippen LogP contribution in [0.4, 0.5) is 0 Å². The summed E-state index contributed by atoms with van der Waals surface area (Å²) in [5.41, 5.74) is 6.98. The van der Waals surface area contributed by atoms with E-state index in [1.807, 2.05) is 55.5 Å². The van der Waals surface area contributed by atoms with Gasteiger partial charge in [0.15, 0.2) is 23.1 Å². The maximum Gasteiger partial charge on any atom is 0.175 e. The van der Waals surface area contributed by atoms with E-state index in [9.17, 15) is 9.59 Å². The molecule has 3 aliphatic rings. The maximum absolute atomic E-state index is 13.7. The minimum atomic E-state index is -0.401. The lowest BCUT2D eigenvalue weighted by Crippen LogP contribution is -2.40. The predicted molar refractivity (Wildman–Crippen MR) is 167 cm³/mol. The Kier molecular flexibility index (Phi) is 8.61. The Bertz CT molecular complexity index is 1500. The second-order valence-electron chi connectivity index (χ2n) is 11.1. The average molecular weight is 627 g/mol. The maximum atomic E-state index is 13.7. The number of nitrogens with zero attached hydrogens (tertiary/aromatic N) is 1. The Morgan fingerprint density at radius 1 is 0.786 bits per heavy atom. The normalized spacial score (nSPS) is 17.3. The molecule has 0 radical (unpaired) electrons. The van der Waals surface area contributed by atoms with Crippen LogP contribution in [-0.4, -0.2) is 29.6 Å². The highest BCUT2D eigenvalue weighted by Crippen LogP contribution is 2.51. The van der Waals surface area contributed by atoms with E-state index in [4.69, 9.17) is 9.47 Å². The summed E-state index contributed by atoms with van der Waals surface area (Å²) in [6, 6.07) is 24.5. The van der Waals surface area contributed by atoms with Gasteiger partial charge in [0.25, 0.3) is 0 Å². The molecule has 2 aliphatic carbocycles. The van der Waals surface area contributed by atoms with E-state index in [0.717, 1.165) is 76.8 Å². The summed E-state index contributed by atoms with van der Waals surface area (Å²) in [7, 11) is 0. The van der Waals surface area contributed by atoms with Crippen molar-refractivity contribution in [3.05, 3.63) is 116 Å². The van der Waals surface area contributed by atoms with Crippen molar-refractivity contribution in [2.75, 3.05) is 13.2 Å². The molecule has 3 aromatic rings. The van der Waals surface area contributed by atoms with E-state index in [1.54, 1.807) is 0 Å². The van der Waals surface area contributed by atoms with E-state index in [0.29, 0.717) is 37.6 Å². The van der Waals surface area contributed by atoms with Gasteiger partial charge in [0.2, 0.25) is 0 Å². The number of carbonyl (C=O) groups is 2. The molecular formula is C36H36BrNO4. The molecule has 216 valence electrons. The quantitative estimate of drug-likeness (QED) is 0.240. The Balaban J connectivity index is 1.43. The first-order valence-corrected chi connectivity index (χ1v) is 15.8. The minimum absolute atomic E-state index is 0.148. The minimum Gasteiger partial charge on any atom is -0.490 e. The van der Waals surface area contributed by atoms with Gasteiger partial charge in [-0.3, -0.25) is 9.59 Å². The Morgan fingerprint density at radius 2 is 1.38 bits per heavy atom. The summed E-state index contributed by atoms with van der Waals surface area (Å²) in [5.74, 6) is 1.13. The molecule has 0 aromatic heterocycles. The summed E-state index contributed by atoms with van der Waals surface area (Å²) in [6.45, 7) is 3.58. The summed E-state index contributed by atoms with van der Waals surface area (Å²) in [4.78, 5) is 29.8. The third kappa shape index (κ3) is 5.69. The lowest BCUT2D eigenvalue weighted by Gasteiger charge is -2.44. The zero-order valence-electron chi connectivity index (χ0n) is 24.0. The van der Waals surface area contributed by atoms with Gasteiger partial charge in [0.1, 0.15) is 6.61 Å². The fourth-order valence-electron chi connectivity index (χ4n) is 6.59. The van der Waals surface area contributed by atoms with Gasteiger partial charge in [0, 0.05) is 47.8 Å². The van der Waals surface area contributed by atoms with Crippen molar-refractivity contribution in [3.63, 3.8) is 0 Å². The van der Waals surface area contributed by atoms with Crippen molar-refractivity contribution in [3.8, 4) is 11.5 Å². The van der Waals surface area contributed by atoms with Crippen LogP contribution < -0.4 is 9.47 Å². The molecular weight excluding hydrogens is 590 g/mol. The van der Waals surface area contributed by atoms with Gasteiger partial charge in [0.05, 0.1) is 11.1 Å². The van der Waals surface area contributed by atoms with Gasteiger partial charge in [-0.15, -0.1) is 0 Å². The monoisotopic (exact) mass is 625 g/mol. The predicted octanol–water partition coefficient (Wildman–Crippen LogP) is 8.08. The van der Waals surface area contributed by atoms with Crippen molar-refractivity contribution in [1.29, 1.82) is 0 Å². The Hall–Kier alpha value is -3.64. The molecule has 42 heavy (non-hydrogen) atoms. The zero-order chi connectivity index (χ0) is 29.1. The standard InChI is InChI=1S/C36H36BrNO4/c1-2-41-32-22-26(21-27(37)36(32)42-23-25-13-7-4-8-14-25)33-34-28(15-9-17-30(34)39)38(20-19-24-11-5-3-6-12-24)29-16-10-18-31(40)35(29)33/h3-8,11-14,21-22,33H,2,9-10,15-20,23H2,1H3. The molecule has 5 nitrogen and oxygen atoms in total. The van der Waals surface area contributed by atoms with Crippen molar-refractivity contribution < 1.29 is 19.1 Å². The van der Waals surface area contributed by atoms with Gasteiger partial charge < -0.3 is 14.4 Å². The number of Topliss-reactive ketones (excluding diaryl/α,β-unsaturated/α-hetero) is 2. The first-order valence-electron chi connectivity index (χ1n) is 15.0. The van der Waals surface area contributed by atoms with Crippen LogP contribution in [0.1, 0.15) is 68.1 Å². The molecule has 0 saturated carbocycles. The molecule has 0 N–H and O–H groups in total. The second-order valence-corrected chi connectivity index (χ2v) is 12.0. The number of allylic oxidation sites excluding steroid dienone is 4. The number of rotatable bonds is 9. The molecule has 0 bridgehead atoms. The van der Waals surface area contributed by atoms with Gasteiger partial charge in [-0.05, 0) is 83.8 Å². The highest BCUT2D eigenvalue weighted by Gasteiger charge is 2.43. The van der Waals surface area contributed by atoms with Crippen LogP contribution in [-0.2, 0) is 22.6 Å². The number of ether oxygens (including phenoxy) is 2. The molecule has 0 spiro atoms. The van der Waals surface area contributed by atoms with E-state index in [2.05, 4.69) is 45.1 Å². The summed E-state index contributed by atoms with van der Waals surface area (Å²) in [5, 5.41) is 0. The number of carbonyl (C=O) groups excluding carboxylic acids is 2. The molecule has 1 aliphatic heterocycles. The number of ketones is 2. The summed E-state index contributed by atoms with van der Waals surface area (Å²) < 4.78 is 13.1. The van der Waals surface area contributed by atoms with Crippen LogP contribution in [0.3, 0.4) is 0 Å². The third-order valence-corrected chi connectivity index (χ3v) is 9.03. The molecule has 1 heterocycles. The molecule has 6 rings (SSSR count). The van der Waals surface area contributed by atoms with E-state index >= 15 is 0 Å². The van der Waals surface area contributed by atoms with E-state index < -0.39 is 5.92 Å². The van der Waals surface area contributed by atoms with Crippen LogP contribution >= 0.6 is 15.9 Å². The SMILES string of the molecule is CCOc1cc(C2C3=C(CCCC3=O)N(CCc3ccccc3)C3=C2C(=O)CCC3)cc(Br)c1OCc1ccccc1. The smallest absolute Gasteiger partial charge is 0.175 e. The number of halogens is 1. The van der Waals surface area contributed by atoms with Crippen LogP contribution in [0, 0.1) is 0 Å². The van der Waals surface area contributed by atoms with Crippen molar-refractivity contribution in [2.24, 2.45) is 0 Å². The Morgan fingerprint density at radius 3 is 1.98 bits per heavy atom.